The molecule has 1 aromatic carbocycles. The Labute approximate surface area is 176 Å². The maximum absolute atomic E-state index is 12.6. The molecule has 1 aliphatic carbocycles. The summed E-state index contributed by atoms with van der Waals surface area (Å²) in [7, 11) is 1.68. The number of carbonyl (C=O) groups is 2. The lowest BCUT2D eigenvalue weighted by molar-refractivity contribution is -0.137. The molecule has 2 amide bonds. The number of likely N-dealkylation sites (N-methyl/N-ethyl adjacent to an activating group) is 2. The molecule has 1 aromatic heterocycles. The standard InChI is InChI=1S/C21H29N5O2S/c1-4-25(5-2)18(27)14-24(3)19(28)15-29-21-23-22-20(17-11-12-17)26(21)13-16-9-7-6-8-10-16/h6-10,17H,4-5,11-15H2,1-3H3. The van der Waals surface area contributed by atoms with E-state index in [2.05, 4.69) is 26.9 Å². The van der Waals surface area contributed by atoms with Crippen LogP contribution >= 0.6 is 11.8 Å². The van der Waals surface area contributed by atoms with Crippen LogP contribution in [-0.4, -0.2) is 68.8 Å². The Kier molecular flexibility index (Phi) is 7.30. The van der Waals surface area contributed by atoms with Gasteiger partial charge in [0.05, 0.1) is 18.8 Å². The largest absolute Gasteiger partial charge is 0.342 e. The molecule has 1 fully saturated rings. The molecular weight excluding hydrogens is 386 g/mol. The first-order chi connectivity index (χ1) is 14.0. The van der Waals surface area contributed by atoms with E-state index in [1.54, 1.807) is 11.9 Å². The number of nitrogens with zero attached hydrogens (tertiary/aromatic N) is 5. The fraction of sp³-hybridized carbons (Fsp3) is 0.524. The van der Waals surface area contributed by atoms with E-state index in [-0.39, 0.29) is 24.1 Å². The zero-order valence-corrected chi connectivity index (χ0v) is 18.2. The van der Waals surface area contributed by atoms with Gasteiger partial charge in [0.1, 0.15) is 5.82 Å². The number of hydrogen-bond acceptors (Lipinski definition) is 5. The number of benzene rings is 1. The minimum Gasteiger partial charge on any atom is -0.342 e. The van der Waals surface area contributed by atoms with Crippen molar-refractivity contribution < 1.29 is 9.59 Å². The molecule has 8 heteroatoms. The first kappa shape index (κ1) is 21.4. The highest BCUT2D eigenvalue weighted by molar-refractivity contribution is 7.99. The molecule has 0 atom stereocenters. The minimum atomic E-state index is -0.0854. The summed E-state index contributed by atoms with van der Waals surface area (Å²) in [4.78, 5) is 28.0. The Morgan fingerprint density at radius 1 is 1.10 bits per heavy atom. The van der Waals surface area contributed by atoms with Crippen LogP contribution in [0, 0.1) is 0 Å². The van der Waals surface area contributed by atoms with Gasteiger partial charge < -0.3 is 14.4 Å². The van der Waals surface area contributed by atoms with Crippen molar-refractivity contribution in [1.29, 1.82) is 0 Å². The Bertz CT molecular complexity index is 831. The van der Waals surface area contributed by atoms with Gasteiger partial charge in [-0.1, -0.05) is 42.1 Å². The van der Waals surface area contributed by atoms with Gasteiger partial charge >= 0.3 is 0 Å². The maximum Gasteiger partial charge on any atom is 0.242 e. The van der Waals surface area contributed by atoms with E-state index in [4.69, 9.17) is 0 Å². The second kappa shape index (κ2) is 9.91. The summed E-state index contributed by atoms with van der Waals surface area (Å²) < 4.78 is 2.13. The van der Waals surface area contributed by atoms with Gasteiger partial charge in [-0.3, -0.25) is 9.59 Å². The van der Waals surface area contributed by atoms with E-state index in [0.29, 0.717) is 25.6 Å². The van der Waals surface area contributed by atoms with Crippen LogP contribution in [0.2, 0.25) is 0 Å². The van der Waals surface area contributed by atoms with Gasteiger partial charge in [0.2, 0.25) is 11.8 Å². The zero-order valence-electron chi connectivity index (χ0n) is 17.4. The summed E-state index contributed by atoms with van der Waals surface area (Å²) >= 11 is 1.39. The van der Waals surface area contributed by atoms with Crippen LogP contribution in [0.1, 0.15) is 44.0 Å². The van der Waals surface area contributed by atoms with Crippen molar-refractivity contribution in [3.8, 4) is 0 Å². The van der Waals surface area contributed by atoms with Crippen LogP contribution in [0.15, 0.2) is 35.5 Å². The summed E-state index contributed by atoms with van der Waals surface area (Å²) in [6, 6.07) is 10.2. The molecule has 0 radical (unpaired) electrons. The lowest BCUT2D eigenvalue weighted by atomic mass is 10.2. The molecule has 156 valence electrons. The average Bonchev–Trinajstić information content (AvgIpc) is 3.49. The summed E-state index contributed by atoms with van der Waals surface area (Å²) in [6.45, 7) is 5.99. The van der Waals surface area contributed by atoms with Crippen LogP contribution in [-0.2, 0) is 16.1 Å². The van der Waals surface area contributed by atoms with Crippen molar-refractivity contribution >= 4 is 23.6 Å². The maximum atomic E-state index is 12.6. The van der Waals surface area contributed by atoms with Crippen molar-refractivity contribution in [2.24, 2.45) is 0 Å². The van der Waals surface area contributed by atoms with Crippen molar-refractivity contribution in [2.45, 2.75) is 44.3 Å². The second-order valence-corrected chi connectivity index (χ2v) is 8.23. The van der Waals surface area contributed by atoms with Crippen molar-refractivity contribution in [3.05, 3.63) is 41.7 Å². The Morgan fingerprint density at radius 3 is 2.41 bits per heavy atom. The zero-order chi connectivity index (χ0) is 20.8. The highest BCUT2D eigenvalue weighted by Gasteiger charge is 2.30. The van der Waals surface area contributed by atoms with Crippen LogP contribution in [0.5, 0.6) is 0 Å². The van der Waals surface area contributed by atoms with Gasteiger partial charge in [-0.25, -0.2) is 0 Å². The van der Waals surface area contributed by atoms with E-state index < -0.39 is 0 Å². The van der Waals surface area contributed by atoms with E-state index in [9.17, 15) is 9.59 Å². The van der Waals surface area contributed by atoms with Gasteiger partial charge in [-0.2, -0.15) is 0 Å². The highest BCUT2D eigenvalue weighted by atomic mass is 32.2. The summed E-state index contributed by atoms with van der Waals surface area (Å²) in [5, 5.41) is 9.50. The fourth-order valence-electron chi connectivity index (χ4n) is 3.17. The van der Waals surface area contributed by atoms with Gasteiger partial charge in [0.15, 0.2) is 5.16 Å². The minimum absolute atomic E-state index is 0.0286. The Balaban J connectivity index is 1.62. The first-order valence-corrected chi connectivity index (χ1v) is 11.1. The molecule has 0 N–H and O–H groups in total. The number of aromatic nitrogens is 3. The highest BCUT2D eigenvalue weighted by Crippen LogP contribution is 2.40. The first-order valence-electron chi connectivity index (χ1n) is 10.1. The van der Waals surface area contributed by atoms with Gasteiger partial charge in [0.25, 0.3) is 0 Å². The number of hydrogen-bond donors (Lipinski definition) is 0. The molecule has 0 unspecified atom stereocenters. The number of carbonyl (C=O) groups excluding carboxylic acids is 2. The Morgan fingerprint density at radius 2 is 1.79 bits per heavy atom. The second-order valence-electron chi connectivity index (χ2n) is 7.29. The average molecular weight is 416 g/mol. The SMILES string of the molecule is CCN(CC)C(=O)CN(C)C(=O)CSc1nnc(C2CC2)n1Cc1ccccc1. The molecule has 1 aliphatic rings. The summed E-state index contributed by atoms with van der Waals surface area (Å²) in [5.74, 6) is 1.61. The molecule has 0 bridgehead atoms. The lowest BCUT2D eigenvalue weighted by Gasteiger charge is -2.23. The third-order valence-electron chi connectivity index (χ3n) is 5.11. The van der Waals surface area contributed by atoms with Crippen LogP contribution in [0.3, 0.4) is 0 Å². The van der Waals surface area contributed by atoms with Gasteiger partial charge in [-0.15, -0.1) is 10.2 Å². The molecule has 0 aliphatic heterocycles. The van der Waals surface area contributed by atoms with Crippen LogP contribution in [0.4, 0.5) is 0 Å². The van der Waals surface area contributed by atoms with Crippen molar-refractivity contribution in [1.82, 2.24) is 24.6 Å². The topological polar surface area (TPSA) is 71.3 Å². The number of amides is 2. The number of rotatable bonds is 10. The van der Waals surface area contributed by atoms with E-state index in [1.807, 2.05) is 32.0 Å². The molecule has 7 nitrogen and oxygen atoms in total. The van der Waals surface area contributed by atoms with E-state index >= 15 is 0 Å². The smallest absolute Gasteiger partial charge is 0.242 e. The van der Waals surface area contributed by atoms with Crippen LogP contribution < -0.4 is 0 Å². The van der Waals surface area contributed by atoms with E-state index in [1.165, 1.54) is 22.2 Å². The van der Waals surface area contributed by atoms with Gasteiger partial charge in [0, 0.05) is 26.1 Å². The summed E-state index contributed by atoms with van der Waals surface area (Å²) in [5.41, 5.74) is 1.18. The van der Waals surface area contributed by atoms with Crippen LogP contribution in [0.25, 0.3) is 0 Å². The Hall–Kier alpha value is -2.35. The molecule has 29 heavy (non-hydrogen) atoms. The molecule has 1 saturated carbocycles. The van der Waals surface area contributed by atoms with Gasteiger partial charge in [-0.05, 0) is 32.3 Å². The monoisotopic (exact) mass is 415 g/mol. The molecule has 2 aromatic rings. The lowest BCUT2D eigenvalue weighted by Crippen LogP contribution is -2.41. The van der Waals surface area contributed by atoms with Crippen molar-refractivity contribution in [3.63, 3.8) is 0 Å². The normalized spacial score (nSPS) is 13.3. The predicted octanol–water partition coefficient (Wildman–Crippen LogP) is 2.62. The van der Waals surface area contributed by atoms with E-state index in [0.717, 1.165) is 23.8 Å². The molecule has 1 heterocycles. The molecule has 0 saturated heterocycles. The molecule has 3 rings (SSSR count). The van der Waals surface area contributed by atoms with Crippen molar-refractivity contribution in [2.75, 3.05) is 32.4 Å². The fourth-order valence-corrected chi connectivity index (χ4v) is 4.05. The number of thioether (sulfide) groups is 1. The predicted molar refractivity (Wildman–Crippen MR) is 114 cm³/mol. The molecule has 0 spiro atoms. The quantitative estimate of drug-likeness (QED) is 0.558. The molecular formula is C21H29N5O2S. The third-order valence-corrected chi connectivity index (χ3v) is 6.06. The summed E-state index contributed by atoms with van der Waals surface area (Å²) in [6.07, 6.45) is 2.29. The third kappa shape index (κ3) is 5.59.